The van der Waals surface area contributed by atoms with E-state index < -0.39 is 0 Å². The number of hydrogen-bond acceptors (Lipinski definition) is 2. The van der Waals surface area contributed by atoms with Crippen molar-refractivity contribution in [3.8, 4) is 0 Å². The highest BCUT2D eigenvalue weighted by Crippen LogP contribution is 2.18. The summed E-state index contributed by atoms with van der Waals surface area (Å²) in [4.78, 5) is 13.4. The van der Waals surface area contributed by atoms with Crippen LogP contribution >= 0.6 is 0 Å². The molecule has 1 unspecified atom stereocenters. The molecule has 1 heterocycles. The van der Waals surface area contributed by atoms with Gasteiger partial charge in [-0.1, -0.05) is 6.92 Å². The number of Topliss-reactive ketones (excluding diaryl/α,β-unsaturated/α-hetero) is 1. The number of ketones is 1. The first-order valence-corrected chi connectivity index (χ1v) is 5.33. The summed E-state index contributed by atoms with van der Waals surface area (Å²) in [6, 6.07) is 0.449. The van der Waals surface area contributed by atoms with Crippen LogP contribution in [0.4, 0.5) is 0 Å². The molecule has 1 atom stereocenters. The summed E-state index contributed by atoms with van der Waals surface area (Å²) in [7, 11) is 0. The van der Waals surface area contributed by atoms with Crippen molar-refractivity contribution in [2.75, 3.05) is 13.1 Å². The van der Waals surface area contributed by atoms with E-state index in [2.05, 4.69) is 18.7 Å². The fraction of sp³-hybridized carbons (Fsp3) is 0.909. The molecule has 13 heavy (non-hydrogen) atoms. The second-order valence-electron chi connectivity index (χ2n) is 4.47. The molecule has 0 N–H and O–H groups in total. The molecule has 1 aliphatic heterocycles. The highest BCUT2D eigenvalue weighted by atomic mass is 16.1. The number of piperidine rings is 1. The lowest BCUT2D eigenvalue weighted by Crippen LogP contribution is -2.40. The predicted molar refractivity (Wildman–Crippen MR) is 54.7 cm³/mol. The van der Waals surface area contributed by atoms with Crippen LogP contribution in [0.3, 0.4) is 0 Å². The third-order valence-electron chi connectivity index (χ3n) is 3.02. The zero-order chi connectivity index (χ0) is 9.84. The van der Waals surface area contributed by atoms with Gasteiger partial charge in [0, 0.05) is 12.5 Å². The molecule has 0 spiro atoms. The molecule has 0 bridgehead atoms. The van der Waals surface area contributed by atoms with Crippen molar-refractivity contribution in [2.24, 2.45) is 5.92 Å². The summed E-state index contributed by atoms with van der Waals surface area (Å²) in [5, 5.41) is 0. The largest absolute Gasteiger partial charge is 0.300 e. The van der Waals surface area contributed by atoms with Crippen LogP contribution in [0.15, 0.2) is 0 Å². The average Bonchev–Trinajstić information content (AvgIpc) is 2.04. The van der Waals surface area contributed by atoms with E-state index in [1.165, 1.54) is 25.9 Å². The standard InChI is InChI=1S/C11H21NO/c1-9-4-6-12(7-5-9)10(2)8-11(3)13/h9-10H,4-8H2,1-3H3. The summed E-state index contributed by atoms with van der Waals surface area (Å²) in [6.45, 7) is 8.51. The van der Waals surface area contributed by atoms with Crippen molar-refractivity contribution in [3.05, 3.63) is 0 Å². The Labute approximate surface area is 81.3 Å². The molecule has 0 radical (unpaired) electrons. The second kappa shape index (κ2) is 4.75. The monoisotopic (exact) mass is 183 g/mol. The van der Waals surface area contributed by atoms with E-state index in [0.29, 0.717) is 18.2 Å². The highest BCUT2D eigenvalue weighted by molar-refractivity contribution is 5.76. The first-order valence-electron chi connectivity index (χ1n) is 5.33. The molecular weight excluding hydrogens is 162 g/mol. The topological polar surface area (TPSA) is 20.3 Å². The van der Waals surface area contributed by atoms with E-state index in [1.54, 1.807) is 6.92 Å². The lowest BCUT2D eigenvalue weighted by atomic mass is 9.97. The molecule has 1 saturated heterocycles. The van der Waals surface area contributed by atoms with E-state index >= 15 is 0 Å². The molecule has 0 aromatic heterocycles. The summed E-state index contributed by atoms with van der Waals surface area (Å²) in [6.07, 6.45) is 3.30. The zero-order valence-corrected chi connectivity index (χ0v) is 9.05. The van der Waals surface area contributed by atoms with Gasteiger partial charge in [-0.05, 0) is 45.7 Å². The first-order chi connectivity index (χ1) is 6.09. The minimum absolute atomic E-state index is 0.311. The van der Waals surface area contributed by atoms with Crippen LogP contribution in [0.2, 0.25) is 0 Å². The van der Waals surface area contributed by atoms with Crippen LogP contribution in [0.1, 0.15) is 40.0 Å². The summed E-state index contributed by atoms with van der Waals surface area (Å²) in [5.74, 6) is 1.19. The first kappa shape index (κ1) is 10.7. The van der Waals surface area contributed by atoms with Gasteiger partial charge in [0.2, 0.25) is 0 Å². The fourth-order valence-corrected chi connectivity index (χ4v) is 2.01. The van der Waals surface area contributed by atoms with Crippen LogP contribution in [0.5, 0.6) is 0 Å². The molecule has 1 rings (SSSR count). The Morgan fingerprint density at radius 2 is 2.00 bits per heavy atom. The zero-order valence-electron chi connectivity index (χ0n) is 9.05. The summed E-state index contributed by atoms with van der Waals surface area (Å²) in [5.41, 5.74) is 0. The van der Waals surface area contributed by atoms with Crippen molar-refractivity contribution in [1.82, 2.24) is 4.90 Å². The minimum atomic E-state index is 0.311. The van der Waals surface area contributed by atoms with E-state index in [4.69, 9.17) is 0 Å². The lowest BCUT2D eigenvalue weighted by Gasteiger charge is -2.34. The maximum Gasteiger partial charge on any atom is 0.131 e. The van der Waals surface area contributed by atoms with Crippen LogP contribution in [0, 0.1) is 5.92 Å². The number of carbonyl (C=O) groups excluding carboxylic acids is 1. The molecule has 0 aromatic rings. The third kappa shape index (κ3) is 3.47. The van der Waals surface area contributed by atoms with E-state index in [1.807, 2.05) is 0 Å². The minimum Gasteiger partial charge on any atom is -0.300 e. The number of likely N-dealkylation sites (tertiary alicyclic amines) is 1. The van der Waals surface area contributed by atoms with Gasteiger partial charge in [-0.15, -0.1) is 0 Å². The Morgan fingerprint density at radius 1 is 1.46 bits per heavy atom. The molecule has 1 aliphatic rings. The Morgan fingerprint density at radius 3 is 2.46 bits per heavy atom. The van der Waals surface area contributed by atoms with Gasteiger partial charge in [0.1, 0.15) is 5.78 Å². The number of hydrogen-bond donors (Lipinski definition) is 0. The van der Waals surface area contributed by atoms with Crippen molar-refractivity contribution in [2.45, 2.75) is 46.1 Å². The lowest BCUT2D eigenvalue weighted by molar-refractivity contribution is -0.118. The molecular formula is C11H21NO. The van der Waals surface area contributed by atoms with Gasteiger partial charge >= 0.3 is 0 Å². The average molecular weight is 183 g/mol. The maximum atomic E-state index is 10.9. The van der Waals surface area contributed by atoms with Crippen molar-refractivity contribution in [1.29, 1.82) is 0 Å². The van der Waals surface area contributed by atoms with Crippen LogP contribution in [-0.4, -0.2) is 29.8 Å². The number of carbonyl (C=O) groups is 1. The Kier molecular flexibility index (Phi) is 3.91. The third-order valence-corrected chi connectivity index (χ3v) is 3.02. The second-order valence-corrected chi connectivity index (χ2v) is 4.47. The molecule has 2 heteroatoms. The van der Waals surface area contributed by atoms with Crippen LogP contribution in [-0.2, 0) is 4.79 Å². The van der Waals surface area contributed by atoms with Gasteiger partial charge in [-0.2, -0.15) is 0 Å². The molecule has 2 nitrogen and oxygen atoms in total. The van der Waals surface area contributed by atoms with Crippen LogP contribution in [0.25, 0.3) is 0 Å². The molecule has 0 saturated carbocycles. The van der Waals surface area contributed by atoms with Crippen molar-refractivity contribution < 1.29 is 4.79 Å². The summed E-state index contributed by atoms with van der Waals surface area (Å²) >= 11 is 0. The number of rotatable bonds is 3. The quantitative estimate of drug-likeness (QED) is 0.667. The van der Waals surface area contributed by atoms with Crippen molar-refractivity contribution in [3.63, 3.8) is 0 Å². The van der Waals surface area contributed by atoms with Gasteiger partial charge in [0.15, 0.2) is 0 Å². The summed E-state index contributed by atoms with van der Waals surface area (Å²) < 4.78 is 0. The molecule has 0 amide bonds. The molecule has 1 fully saturated rings. The van der Waals surface area contributed by atoms with Crippen molar-refractivity contribution >= 4 is 5.78 Å². The van der Waals surface area contributed by atoms with Gasteiger partial charge in [-0.3, -0.25) is 4.79 Å². The Bertz CT molecular complexity index is 171. The number of nitrogens with zero attached hydrogens (tertiary/aromatic N) is 1. The SMILES string of the molecule is CC(=O)CC(C)N1CCC(C)CC1. The van der Waals surface area contributed by atoms with E-state index in [-0.39, 0.29) is 0 Å². The van der Waals surface area contributed by atoms with Crippen LogP contribution < -0.4 is 0 Å². The van der Waals surface area contributed by atoms with E-state index in [0.717, 1.165) is 5.92 Å². The molecule has 0 aromatic carbocycles. The highest BCUT2D eigenvalue weighted by Gasteiger charge is 2.20. The van der Waals surface area contributed by atoms with Gasteiger partial charge in [-0.25, -0.2) is 0 Å². The molecule has 0 aliphatic carbocycles. The predicted octanol–water partition coefficient (Wildman–Crippen LogP) is 2.09. The van der Waals surface area contributed by atoms with Gasteiger partial charge in [0.05, 0.1) is 0 Å². The van der Waals surface area contributed by atoms with Gasteiger partial charge < -0.3 is 4.90 Å². The van der Waals surface area contributed by atoms with Gasteiger partial charge in [0.25, 0.3) is 0 Å². The Hall–Kier alpha value is -0.370. The van der Waals surface area contributed by atoms with E-state index in [9.17, 15) is 4.79 Å². The fourth-order valence-electron chi connectivity index (χ4n) is 2.01. The normalized spacial score (nSPS) is 23.0. The molecule has 76 valence electrons. The maximum absolute atomic E-state index is 10.9. The smallest absolute Gasteiger partial charge is 0.131 e. The Balaban J connectivity index is 2.31.